The molecule has 0 atom stereocenters. The normalized spacial score (nSPS) is 11.4. The van der Waals surface area contributed by atoms with Crippen molar-refractivity contribution in [1.82, 2.24) is 0 Å². The van der Waals surface area contributed by atoms with Gasteiger partial charge >= 0.3 is 0 Å². The molecule has 0 saturated carbocycles. The van der Waals surface area contributed by atoms with Crippen molar-refractivity contribution in [3.63, 3.8) is 0 Å². The predicted molar refractivity (Wildman–Crippen MR) is 125 cm³/mol. The van der Waals surface area contributed by atoms with Crippen molar-refractivity contribution in [2.75, 3.05) is 11.9 Å². The first-order valence-corrected chi connectivity index (χ1v) is 11.1. The highest BCUT2D eigenvalue weighted by molar-refractivity contribution is 9.11. The minimum absolute atomic E-state index is 0.0321. The average molecular weight is 532 g/mol. The Bertz CT molecular complexity index is 876. The van der Waals surface area contributed by atoms with Gasteiger partial charge in [0.15, 0.2) is 0 Å². The fraction of sp³-hybridized carbons (Fsp3) is 0.409. The van der Waals surface area contributed by atoms with Gasteiger partial charge in [-0.25, -0.2) is 0 Å². The highest BCUT2D eigenvalue weighted by Crippen LogP contribution is 2.36. The van der Waals surface area contributed by atoms with Gasteiger partial charge in [-0.1, -0.05) is 38.4 Å². The molecule has 0 spiro atoms. The summed E-state index contributed by atoms with van der Waals surface area (Å²) in [4.78, 5) is 12.3. The number of nitrogens with one attached hydrogen (secondary N) is 1. The SMILES string of the molecule is Cc1cc(OCCCC(=O)Nc2ccc(C(C)(C)C)cc2Br)c(Br)c(C)c1Cl. The van der Waals surface area contributed by atoms with Gasteiger partial charge in [0.25, 0.3) is 0 Å². The number of rotatable bonds is 6. The third-order valence-corrected chi connectivity index (χ3v) is 6.71. The Balaban J connectivity index is 1.87. The molecule has 0 heterocycles. The maximum Gasteiger partial charge on any atom is 0.224 e. The molecule has 6 heteroatoms. The Kier molecular flexibility index (Phi) is 8.00. The Hall–Kier alpha value is -1.04. The molecule has 0 aliphatic rings. The van der Waals surface area contributed by atoms with E-state index in [1.165, 1.54) is 5.56 Å². The largest absolute Gasteiger partial charge is 0.492 e. The summed E-state index contributed by atoms with van der Waals surface area (Å²) in [6.45, 7) is 10.8. The topological polar surface area (TPSA) is 38.3 Å². The molecule has 28 heavy (non-hydrogen) atoms. The quantitative estimate of drug-likeness (QED) is 0.390. The van der Waals surface area contributed by atoms with E-state index in [0.717, 1.165) is 36.5 Å². The molecule has 0 saturated heterocycles. The van der Waals surface area contributed by atoms with Gasteiger partial charge in [0, 0.05) is 15.9 Å². The summed E-state index contributed by atoms with van der Waals surface area (Å²) >= 11 is 13.3. The highest BCUT2D eigenvalue weighted by atomic mass is 79.9. The third kappa shape index (κ3) is 5.98. The first-order valence-electron chi connectivity index (χ1n) is 9.18. The molecule has 2 aromatic carbocycles. The van der Waals surface area contributed by atoms with Crippen LogP contribution in [0.4, 0.5) is 5.69 Å². The maximum atomic E-state index is 12.3. The fourth-order valence-corrected chi connectivity index (χ4v) is 3.88. The zero-order valence-electron chi connectivity index (χ0n) is 16.9. The zero-order valence-corrected chi connectivity index (χ0v) is 20.8. The first-order chi connectivity index (χ1) is 13.0. The lowest BCUT2D eigenvalue weighted by molar-refractivity contribution is -0.116. The molecule has 0 unspecified atom stereocenters. The van der Waals surface area contributed by atoms with Gasteiger partial charge in [0.1, 0.15) is 5.75 Å². The molecule has 0 aromatic heterocycles. The molecule has 0 aliphatic carbocycles. The summed E-state index contributed by atoms with van der Waals surface area (Å²) in [5, 5.41) is 3.69. The van der Waals surface area contributed by atoms with E-state index in [4.69, 9.17) is 16.3 Å². The summed E-state index contributed by atoms with van der Waals surface area (Å²) < 4.78 is 7.58. The van der Waals surface area contributed by atoms with Crippen LogP contribution in [0.5, 0.6) is 5.75 Å². The number of hydrogen-bond acceptors (Lipinski definition) is 2. The molecule has 152 valence electrons. The average Bonchev–Trinajstić information content (AvgIpc) is 2.61. The Morgan fingerprint density at radius 3 is 2.46 bits per heavy atom. The third-order valence-electron chi connectivity index (χ3n) is 4.48. The van der Waals surface area contributed by atoms with Gasteiger partial charge < -0.3 is 10.1 Å². The van der Waals surface area contributed by atoms with E-state index in [-0.39, 0.29) is 11.3 Å². The van der Waals surface area contributed by atoms with Crippen LogP contribution in [-0.2, 0) is 10.2 Å². The molecule has 2 aromatic rings. The van der Waals surface area contributed by atoms with Crippen molar-refractivity contribution < 1.29 is 9.53 Å². The molecule has 1 amide bonds. The number of carbonyl (C=O) groups is 1. The van der Waals surface area contributed by atoms with Crippen molar-refractivity contribution in [2.24, 2.45) is 0 Å². The predicted octanol–water partition coefficient (Wildman–Crippen LogP) is 7.58. The number of benzene rings is 2. The van der Waals surface area contributed by atoms with Crippen molar-refractivity contribution in [3.8, 4) is 5.75 Å². The minimum Gasteiger partial charge on any atom is -0.492 e. The van der Waals surface area contributed by atoms with Crippen LogP contribution in [0, 0.1) is 13.8 Å². The van der Waals surface area contributed by atoms with Crippen molar-refractivity contribution in [2.45, 2.75) is 52.9 Å². The summed E-state index contributed by atoms with van der Waals surface area (Å²) in [6.07, 6.45) is 1.01. The first kappa shape index (κ1) is 23.2. The van der Waals surface area contributed by atoms with Gasteiger partial charge in [-0.05, 0) is 92.4 Å². The fourth-order valence-electron chi connectivity index (χ4n) is 2.72. The summed E-state index contributed by atoms with van der Waals surface area (Å²) in [6, 6.07) is 7.95. The molecular weight excluding hydrogens is 506 g/mol. The van der Waals surface area contributed by atoms with Gasteiger partial charge in [-0.3, -0.25) is 4.79 Å². The van der Waals surface area contributed by atoms with Crippen LogP contribution >= 0.6 is 43.5 Å². The summed E-state index contributed by atoms with van der Waals surface area (Å²) in [7, 11) is 0. The molecule has 0 bridgehead atoms. The Morgan fingerprint density at radius 1 is 1.18 bits per heavy atom. The monoisotopic (exact) mass is 529 g/mol. The van der Waals surface area contributed by atoms with Crippen LogP contribution in [0.2, 0.25) is 5.02 Å². The second-order valence-electron chi connectivity index (χ2n) is 7.89. The van der Waals surface area contributed by atoms with E-state index in [1.807, 2.05) is 32.0 Å². The number of ether oxygens (including phenoxy) is 1. The number of aryl methyl sites for hydroxylation is 1. The molecule has 0 fully saturated rings. The lowest BCUT2D eigenvalue weighted by Crippen LogP contribution is -2.15. The van der Waals surface area contributed by atoms with Crippen LogP contribution in [0.3, 0.4) is 0 Å². The number of amides is 1. The van der Waals surface area contributed by atoms with Gasteiger partial charge in [-0.15, -0.1) is 0 Å². The van der Waals surface area contributed by atoms with Crippen molar-refractivity contribution in [1.29, 1.82) is 0 Å². The van der Waals surface area contributed by atoms with Gasteiger partial charge in [0.05, 0.1) is 16.8 Å². The second-order valence-corrected chi connectivity index (χ2v) is 9.91. The molecule has 1 N–H and O–H groups in total. The van der Waals surface area contributed by atoms with Crippen molar-refractivity contribution >= 4 is 55.1 Å². The van der Waals surface area contributed by atoms with Crippen LogP contribution in [0.25, 0.3) is 0 Å². The number of anilines is 1. The standard InChI is InChI=1S/C22H26Br2ClNO2/c1-13-11-18(20(24)14(2)21(13)25)28-10-6-7-19(27)26-17-9-8-15(12-16(17)23)22(3,4)5/h8-9,11-12H,6-7,10H2,1-5H3,(H,26,27). The molecule has 0 radical (unpaired) electrons. The highest BCUT2D eigenvalue weighted by Gasteiger charge is 2.16. The summed E-state index contributed by atoms with van der Waals surface area (Å²) in [5.74, 6) is 0.718. The minimum atomic E-state index is -0.0321. The zero-order chi connectivity index (χ0) is 21.1. The van der Waals surface area contributed by atoms with Crippen LogP contribution in [0.1, 0.15) is 50.3 Å². The maximum absolute atomic E-state index is 12.3. The molecule has 0 aliphatic heterocycles. The number of carbonyl (C=O) groups excluding carboxylic acids is 1. The van der Waals surface area contributed by atoms with E-state index >= 15 is 0 Å². The van der Waals surface area contributed by atoms with Gasteiger partial charge in [-0.2, -0.15) is 0 Å². The molecule has 3 nitrogen and oxygen atoms in total. The molecule has 2 rings (SSSR count). The van der Waals surface area contributed by atoms with E-state index in [1.54, 1.807) is 0 Å². The van der Waals surface area contributed by atoms with E-state index in [0.29, 0.717) is 19.4 Å². The lowest BCUT2D eigenvalue weighted by Gasteiger charge is -2.20. The summed E-state index contributed by atoms with van der Waals surface area (Å²) in [5.41, 5.74) is 3.99. The van der Waals surface area contributed by atoms with E-state index < -0.39 is 0 Å². The van der Waals surface area contributed by atoms with Crippen LogP contribution in [-0.4, -0.2) is 12.5 Å². The smallest absolute Gasteiger partial charge is 0.224 e. The van der Waals surface area contributed by atoms with Crippen LogP contribution in [0.15, 0.2) is 33.2 Å². The number of hydrogen-bond donors (Lipinski definition) is 1. The number of halogens is 3. The lowest BCUT2D eigenvalue weighted by atomic mass is 9.87. The Labute approximate surface area is 189 Å². The molecular formula is C22H26Br2ClNO2. The van der Waals surface area contributed by atoms with E-state index in [9.17, 15) is 4.79 Å². The Morgan fingerprint density at radius 2 is 1.86 bits per heavy atom. The van der Waals surface area contributed by atoms with Gasteiger partial charge in [0.2, 0.25) is 5.91 Å². The van der Waals surface area contributed by atoms with E-state index in [2.05, 4.69) is 64.0 Å². The van der Waals surface area contributed by atoms with Crippen LogP contribution < -0.4 is 10.1 Å². The van der Waals surface area contributed by atoms with Crippen molar-refractivity contribution in [3.05, 3.63) is 54.9 Å². The second kappa shape index (κ2) is 9.64.